The van der Waals surface area contributed by atoms with Crippen LogP contribution in [0.2, 0.25) is 0 Å². The highest BCUT2D eigenvalue weighted by molar-refractivity contribution is 7.99. The molecule has 2 saturated heterocycles. The molecule has 172 valence electrons. The number of anilines is 1. The third-order valence-electron chi connectivity index (χ3n) is 6.11. The minimum absolute atomic E-state index is 0.00714. The van der Waals surface area contributed by atoms with Crippen molar-refractivity contribution in [2.45, 2.75) is 25.1 Å². The van der Waals surface area contributed by atoms with Gasteiger partial charge >= 0.3 is 0 Å². The van der Waals surface area contributed by atoms with E-state index in [9.17, 15) is 13.2 Å². The highest BCUT2D eigenvalue weighted by atomic mass is 32.2. The Hall–Kier alpha value is -1.87. The van der Waals surface area contributed by atoms with Crippen LogP contribution in [0.15, 0.2) is 54.6 Å². The van der Waals surface area contributed by atoms with E-state index >= 15 is 0 Å². The topological polar surface area (TPSA) is 69.7 Å². The first kappa shape index (κ1) is 23.3. The van der Waals surface area contributed by atoms with E-state index in [1.165, 1.54) is 21.4 Å². The number of amides is 1. The molecule has 4 rings (SSSR count). The van der Waals surface area contributed by atoms with Crippen molar-refractivity contribution >= 4 is 33.4 Å². The Balaban J connectivity index is 1.28. The predicted molar refractivity (Wildman–Crippen MR) is 131 cm³/mol. The van der Waals surface area contributed by atoms with Crippen molar-refractivity contribution in [3.8, 4) is 0 Å². The van der Waals surface area contributed by atoms with Gasteiger partial charge in [0.15, 0.2) is 0 Å². The molecule has 0 radical (unpaired) electrons. The molecule has 0 aliphatic carbocycles. The molecule has 0 unspecified atom stereocenters. The van der Waals surface area contributed by atoms with Crippen molar-refractivity contribution in [2.24, 2.45) is 5.92 Å². The van der Waals surface area contributed by atoms with E-state index in [4.69, 9.17) is 0 Å². The Bertz CT molecular complexity index is 1000. The summed E-state index contributed by atoms with van der Waals surface area (Å²) in [5.74, 6) is 2.18. The lowest BCUT2D eigenvalue weighted by Crippen LogP contribution is -2.41. The molecule has 2 fully saturated rings. The maximum absolute atomic E-state index is 12.8. The maximum Gasteiger partial charge on any atom is 0.227 e. The molecule has 0 spiro atoms. The van der Waals surface area contributed by atoms with Gasteiger partial charge in [-0.3, -0.25) is 9.69 Å². The number of carbonyl (C=O) groups is 1. The summed E-state index contributed by atoms with van der Waals surface area (Å²) in [6, 6.07) is 17.3. The van der Waals surface area contributed by atoms with E-state index in [0.717, 1.165) is 30.9 Å². The Kier molecular flexibility index (Phi) is 7.88. The molecule has 2 aromatic rings. The molecule has 6 nitrogen and oxygen atoms in total. The summed E-state index contributed by atoms with van der Waals surface area (Å²) in [5.41, 5.74) is 2.81. The van der Waals surface area contributed by atoms with Gasteiger partial charge in [-0.05, 0) is 36.1 Å². The summed E-state index contributed by atoms with van der Waals surface area (Å²) in [4.78, 5) is 15.3. The molecule has 0 aromatic heterocycles. The molecule has 2 heterocycles. The molecule has 0 bridgehead atoms. The zero-order valence-corrected chi connectivity index (χ0v) is 19.9. The lowest BCUT2D eigenvalue weighted by Gasteiger charge is -2.30. The van der Waals surface area contributed by atoms with Crippen LogP contribution in [0.4, 0.5) is 5.69 Å². The molecule has 32 heavy (non-hydrogen) atoms. The van der Waals surface area contributed by atoms with Crippen LogP contribution in [-0.2, 0) is 27.1 Å². The van der Waals surface area contributed by atoms with Gasteiger partial charge in [-0.15, -0.1) is 0 Å². The van der Waals surface area contributed by atoms with Crippen LogP contribution in [0.1, 0.15) is 24.0 Å². The molecular formula is C24H31N3O3S2. The number of sulfonamides is 1. The summed E-state index contributed by atoms with van der Waals surface area (Å²) >= 11 is 2.00. The van der Waals surface area contributed by atoms with E-state index < -0.39 is 10.0 Å². The number of hydrogen-bond donors (Lipinski definition) is 1. The first-order valence-electron chi connectivity index (χ1n) is 11.2. The Morgan fingerprint density at radius 2 is 1.62 bits per heavy atom. The standard InChI is InChI=1S/C24H31N3O3S2/c28-24(25-23-8-4-7-21(17-23)18-26-13-15-31-16-14-26)22-9-11-27(12-10-22)32(29,30)19-20-5-2-1-3-6-20/h1-8,17,22H,9-16,18-19H2,(H,25,28). The number of carbonyl (C=O) groups excluding carboxylic acids is 1. The van der Waals surface area contributed by atoms with E-state index in [1.807, 2.05) is 54.2 Å². The summed E-state index contributed by atoms with van der Waals surface area (Å²) in [7, 11) is -3.37. The van der Waals surface area contributed by atoms with Crippen molar-refractivity contribution in [3.63, 3.8) is 0 Å². The average molecular weight is 474 g/mol. The number of thioether (sulfide) groups is 1. The van der Waals surface area contributed by atoms with E-state index in [1.54, 1.807) is 0 Å². The van der Waals surface area contributed by atoms with Gasteiger partial charge in [-0.2, -0.15) is 11.8 Å². The second kappa shape index (κ2) is 10.8. The van der Waals surface area contributed by atoms with Gasteiger partial charge in [0, 0.05) is 55.8 Å². The van der Waals surface area contributed by atoms with Crippen LogP contribution in [0.3, 0.4) is 0 Å². The van der Waals surface area contributed by atoms with Crippen LogP contribution in [0, 0.1) is 5.92 Å². The lowest BCUT2D eigenvalue weighted by molar-refractivity contribution is -0.120. The summed E-state index contributed by atoms with van der Waals surface area (Å²) < 4.78 is 27.0. The fourth-order valence-corrected chi connectivity index (χ4v) is 6.82. The highest BCUT2D eigenvalue weighted by Crippen LogP contribution is 2.24. The van der Waals surface area contributed by atoms with E-state index in [2.05, 4.69) is 22.3 Å². The highest BCUT2D eigenvalue weighted by Gasteiger charge is 2.31. The number of piperidine rings is 1. The predicted octanol–water partition coefficient (Wildman–Crippen LogP) is 3.42. The number of benzene rings is 2. The van der Waals surface area contributed by atoms with Gasteiger partial charge in [-0.1, -0.05) is 42.5 Å². The van der Waals surface area contributed by atoms with Crippen LogP contribution in [0.25, 0.3) is 0 Å². The van der Waals surface area contributed by atoms with Gasteiger partial charge in [0.25, 0.3) is 0 Å². The van der Waals surface area contributed by atoms with Gasteiger partial charge < -0.3 is 5.32 Å². The molecule has 2 aromatic carbocycles. The zero-order valence-electron chi connectivity index (χ0n) is 18.3. The molecule has 8 heteroatoms. The minimum atomic E-state index is -3.37. The van der Waals surface area contributed by atoms with Crippen molar-refractivity contribution in [3.05, 3.63) is 65.7 Å². The zero-order chi connectivity index (χ0) is 22.4. The number of hydrogen-bond acceptors (Lipinski definition) is 5. The number of nitrogens with one attached hydrogen (secondary N) is 1. The Morgan fingerprint density at radius 1 is 0.938 bits per heavy atom. The SMILES string of the molecule is O=C(Nc1cccc(CN2CCSCC2)c1)C1CCN(S(=O)(=O)Cc2ccccc2)CC1. The van der Waals surface area contributed by atoms with Crippen molar-refractivity contribution < 1.29 is 13.2 Å². The molecular weight excluding hydrogens is 442 g/mol. The van der Waals surface area contributed by atoms with Crippen molar-refractivity contribution in [2.75, 3.05) is 43.0 Å². The van der Waals surface area contributed by atoms with Crippen LogP contribution >= 0.6 is 11.8 Å². The lowest BCUT2D eigenvalue weighted by atomic mass is 9.97. The van der Waals surface area contributed by atoms with Gasteiger partial charge in [0.1, 0.15) is 0 Å². The quantitative estimate of drug-likeness (QED) is 0.667. The van der Waals surface area contributed by atoms with Gasteiger partial charge in [0.2, 0.25) is 15.9 Å². The fourth-order valence-electron chi connectivity index (χ4n) is 4.28. The molecule has 0 atom stereocenters. The third-order valence-corrected chi connectivity index (χ3v) is 8.91. The van der Waals surface area contributed by atoms with Gasteiger partial charge in [-0.25, -0.2) is 12.7 Å². The maximum atomic E-state index is 12.8. The third kappa shape index (κ3) is 6.34. The first-order chi connectivity index (χ1) is 15.5. The molecule has 2 aliphatic rings. The van der Waals surface area contributed by atoms with Crippen molar-refractivity contribution in [1.82, 2.24) is 9.21 Å². The summed E-state index contributed by atoms with van der Waals surface area (Å²) in [5, 5.41) is 3.05. The average Bonchev–Trinajstić information content (AvgIpc) is 2.80. The molecule has 1 amide bonds. The van der Waals surface area contributed by atoms with Crippen LogP contribution in [0.5, 0.6) is 0 Å². The van der Waals surface area contributed by atoms with E-state index in [0.29, 0.717) is 25.9 Å². The molecule has 1 N–H and O–H groups in total. The minimum Gasteiger partial charge on any atom is -0.326 e. The monoisotopic (exact) mass is 473 g/mol. The van der Waals surface area contributed by atoms with E-state index in [-0.39, 0.29) is 17.6 Å². The summed E-state index contributed by atoms with van der Waals surface area (Å²) in [6.07, 6.45) is 1.09. The first-order valence-corrected chi connectivity index (χ1v) is 14.0. The van der Waals surface area contributed by atoms with Crippen LogP contribution < -0.4 is 5.32 Å². The Morgan fingerprint density at radius 3 is 2.34 bits per heavy atom. The number of rotatable bonds is 7. The number of nitrogens with zero attached hydrogens (tertiary/aromatic N) is 2. The Labute approximate surface area is 195 Å². The van der Waals surface area contributed by atoms with Gasteiger partial charge in [0.05, 0.1) is 5.75 Å². The fraction of sp³-hybridized carbons (Fsp3) is 0.458. The smallest absolute Gasteiger partial charge is 0.227 e. The van der Waals surface area contributed by atoms with Crippen molar-refractivity contribution in [1.29, 1.82) is 0 Å². The largest absolute Gasteiger partial charge is 0.326 e. The second-order valence-corrected chi connectivity index (χ2v) is 11.7. The summed E-state index contributed by atoms with van der Waals surface area (Å²) in [6.45, 7) is 3.89. The normalized spacial score (nSPS) is 19.0. The molecule has 2 aliphatic heterocycles. The second-order valence-electron chi connectivity index (χ2n) is 8.49. The van der Waals surface area contributed by atoms with Crippen LogP contribution in [-0.4, -0.2) is 61.2 Å². The molecule has 0 saturated carbocycles.